The molecule has 0 aliphatic heterocycles. The summed E-state index contributed by atoms with van der Waals surface area (Å²) in [5.74, 6) is -0.102. The number of hydrogen-bond acceptors (Lipinski definition) is 4. The number of rotatable bonds is 11. The summed E-state index contributed by atoms with van der Waals surface area (Å²) in [7, 11) is -1.86. The van der Waals surface area contributed by atoms with Crippen LogP contribution >= 0.6 is 0 Å². The molecule has 0 atom stereocenters. The molecule has 0 unspecified atom stereocenters. The highest BCUT2D eigenvalue weighted by Gasteiger charge is 2.11. The van der Waals surface area contributed by atoms with Gasteiger partial charge in [-0.1, -0.05) is 60.7 Å². The Morgan fingerprint density at radius 3 is 2.50 bits per heavy atom. The highest BCUT2D eigenvalue weighted by atomic mass is 32.2. The summed E-state index contributed by atoms with van der Waals surface area (Å²) in [6.07, 6.45) is 3.19. The molecule has 0 saturated carbocycles. The van der Waals surface area contributed by atoms with E-state index in [9.17, 15) is 13.2 Å². The number of amides is 1. The Labute approximate surface area is 189 Å². The van der Waals surface area contributed by atoms with Crippen molar-refractivity contribution in [2.45, 2.75) is 19.3 Å². The van der Waals surface area contributed by atoms with E-state index in [-0.39, 0.29) is 18.9 Å². The van der Waals surface area contributed by atoms with E-state index in [2.05, 4.69) is 14.9 Å². The Morgan fingerprint density at radius 1 is 1.09 bits per heavy atom. The van der Waals surface area contributed by atoms with E-state index in [1.807, 2.05) is 66.7 Å². The maximum atomic E-state index is 12.3. The van der Waals surface area contributed by atoms with Gasteiger partial charge < -0.3 is 4.90 Å². The third-order valence-corrected chi connectivity index (χ3v) is 6.05. The molecule has 0 radical (unpaired) electrons. The van der Waals surface area contributed by atoms with E-state index in [1.54, 1.807) is 11.9 Å². The lowest BCUT2D eigenvalue weighted by Gasteiger charge is -2.16. The van der Waals surface area contributed by atoms with Crippen molar-refractivity contribution < 1.29 is 13.2 Å². The molecule has 0 fully saturated rings. The van der Waals surface area contributed by atoms with Gasteiger partial charge in [0.1, 0.15) is 0 Å². The summed E-state index contributed by atoms with van der Waals surface area (Å²) >= 11 is 0. The van der Waals surface area contributed by atoms with Gasteiger partial charge in [0.2, 0.25) is 15.9 Å². The number of nitrogens with one attached hydrogen (secondary N) is 2. The predicted octanol–water partition coefficient (Wildman–Crippen LogP) is 3.45. The van der Waals surface area contributed by atoms with Gasteiger partial charge in [-0.3, -0.25) is 9.89 Å². The second-order valence-corrected chi connectivity index (χ2v) is 9.12. The highest BCUT2D eigenvalue weighted by molar-refractivity contribution is 7.92. The number of aromatic nitrogens is 2. The van der Waals surface area contributed by atoms with E-state index in [0.29, 0.717) is 6.54 Å². The van der Waals surface area contributed by atoms with Gasteiger partial charge in [-0.25, -0.2) is 13.1 Å². The van der Waals surface area contributed by atoms with Gasteiger partial charge >= 0.3 is 0 Å². The monoisotopic (exact) mass is 452 g/mol. The third-order valence-electron chi connectivity index (χ3n) is 4.95. The molecule has 32 heavy (non-hydrogen) atoms. The van der Waals surface area contributed by atoms with Crippen molar-refractivity contribution in [1.29, 1.82) is 0 Å². The molecule has 8 heteroatoms. The first kappa shape index (κ1) is 23.4. The fourth-order valence-corrected chi connectivity index (χ4v) is 3.97. The summed E-state index contributed by atoms with van der Waals surface area (Å²) in [6, 6.07) is 21.1. The van der Waals surface area contributed by atoms with Crippen molar-refractivity contribution in [3.63, 3.8) is 0 Å². The predicted molar refractivity (Wildman–Crippen MR) is 127 cm³/mol. The number of carbonyl (C=O) groups is 1. The SMILES string of the molecule is CN(CCCc1cc(-c2ccccc2)n[nH]1)C(=O)CCNS(=O)(=O)C=Cc1ccccc1. The Bertz CT molecular complexity index is 1130. The average molecular weight is 453 g/mol. The van der Waals surface area contributed by atoms with E-state index in [1.165, 1.54) is 6.08 Å². The van der Waals surface area contributed by atoms with Crippen LogP contribution in [-0.2, 0) is 21.2 Å². The molecule has 1 amide bonds. The Kier molecular flexibility index (Phi) is 8.35. The number of benzene rings is 2. The fraction of sp³-hybridized carbons (Fsp3) is 0.250. The van der Waals surface area contributed by atoms with Gasteiger partial charge in [-0.2, -0.15) is 5.10 Å². The van der Waals surface area contributed by atoms with E-state index < -0.39 is 10.0 Å². The minimum absolute atomic E-state index is 0.0611. The molecule has 0 aliphatic carbocycles. The molecule has 1 heterocycles. The number of aromatic amines is 1. The Hall–Kier alpha value is -3.23. The van der Waals surface area contributed by atoms with Crippen LogP contribution in [0.4, 0.5) is 0 Å². The van der Waals surface area contributed by atoms with Crippen LogP contribution in [-0.4, -0.2) is 49.6 Å². The minimum Gasteiger partial charge on any atom is -0.346 e. The molecular formula is C24H28N4O3S. The second-order valence-electron chi connectivity index (χ2n) is 7.47. The maximum Gasteiger partial charge on any atom is 0.233 e. The molecule has 2 N–H and O–H groups in total. The van der Waals surface area contributed by atoms with E-state index in [0.717, 1.165) is 40.8 Å². The van der Waals surface area contributed by atoms with Crippen LogP contribution in [0.1, 0.15) is 24.1 Å². The van der Waals surface area contributed by atoms with Gasteiger partial charge in [-0.05, 0) is 30.5 Å². The fourth-order valence-electron chi connectivity index (χ4n) is 3.15. The summed E-state index contributed by atoms with van der Waals surface area (Å²) in [5.41, 5.74) is 3.77. The molecule has 2 aromatic carbocycles. The molecular weight excluding hydrogens is 424 g/mol. The zero-order valence-corrected chi connectivity index (χ0v) is 18.9. The molecule has 3 rings (SSSR count). The third kappa shape index (κ3) is 7.47. The van der Waals surface area contributed by atoms with Gasteiger partial charge in [0, 0.05) is 43.2 Å². The van der Waals surface area contributed by atoms with Gasteiger partial charge in [0.15, 0.2) is 0 Å². The lowest BCUT2D eigenvalue weighted by molar-refractivity contribution is -0.129. The van der Waals surface area contributed by atoms with Crippen LogP contribution in [0.15, 0.2) is 72.1 Å². The van der Waals surface area contributed by atoms with Crippen LogP contribution in [0.3, 0.4) is 0 Å². The Balaban J connectivity index is 1.37. The first-order chi connectivity index (χ1) is 15.4. The minimum atomic E-state index is -3.59. The first-order valence-electron chi connectivity index (χ1n) is 10.5. The van der Waals surface area contributed by atoms with Crippen LogP contribution in [0.5, 0.6) is 0 Å². The van der Waals surface area contributed by atoms with Gasteiger partial charge in [0.25, 0.3) is 0 Å². The first-order valence-corrected chi connectivity index (χ1v) is 12.0. The lowest BCUT2D eigenvalue weighted by Crippen LogP contribution is -2.32. The van der Waals surface area contributed by atoms with Crippen molar-refractivity contribution >= 4 is 22.0 Å². The highest BCUT2D eigenvalue weighted by Crippen LogP contribution is 2.17. The van der Waals surface area contributed by atoms with Crippen molar-refractivity contribution in [2.75, 3.05) is 20.1 Å². The van der Waals surface area contributed by atoms with Crippen molar-refractivity contribution in [3.8, 4) is 11.3 Å². The molecule has 7 nitrogen and oxygen atoms in total. The zero-order chi connectivity index (χ0) is 22.8. The molecule has 1 aromatic heterocycles. The van der Waals surface area contributed by atoms with E-state index in [4.69, 9.17) is 0 Å². The summed E-state index contributed by atoms with van der Waals surface area (Å²) in [5, 5.41) is 8.50. The van der Waals surface area contributed by atoms with E-state index >= 15 is 0 Å². The van der Waals surface area contributed by atoms with Crippen molar-refractivity contribution in [1.82, 2.24) is 19.8 Å². The van der Waals surface area contributed by atoms with Crippen LogP contribution in [0, 0.1) is 0 Å². The summed E-state index contributed by atoms with van der Waals surface area (Å²) in [4.78, 5) is 13.9. The molecule has 0 bridgehead atoms. The number of H-pyrrole nitrogens is 1. The standard InChI is InChI=1S/C24H28N4O3S/c1-28(17-8-13-22-19-23(27-26-22)21-11-6-3-7-12-21)24(29)14-16-25-32(30,31)18-15-20-9-4-2-5-10-20/h2-7,9-12,15,18-19,25H,8,13-14,16-17H2,1H3,(H,26,27). The second kappa shape index (κ2) is 11.4. The maximum absolute atomic E-state index is 12.3. The quantitative estimate of drug-likeness (QED) is 0.466. The molecule has 0 spiro atoms. The smallest absolute Gasteiger partial charge is 0.233 e. The molecule has 0 aliphatic rings. The largest absolute Gasteiger partial charge is 0.346 e. The van der Waals surface area contributed by atoms with Crippen molar-refractivity contribution in [2.24, 2.45) is 0 Å². The topological polar surface area (TPSA) is 95.2 Å². The molecule has 3 aromatic rings. The molecule has 0 saturated heterocycles. The van der Waals surface area contributed by atoms with Crippen LogP contribution in [0.2, 0.25) is 0 Å². The Morgan fingerprint density at radius 2 is 1.78 bits per heavy atom. The van der Waals surface area contributed by atoms with Gasteiger partial charge in [-0.15, -0.1) is 0 Å². The van der Waals surface area contributed by atoms with Crippen LogP contribution < -0.4 is 4.72 Å². The molecule has 168 valence electrons. The van der Waals surface area contributed by atoms with Crippen LogP contribution in [0.25, 0.3) is 17.3 Å². The summed E-state index contributed by atoms with van der Waals surface area (Å²) < 4.78 is 26.6. The number of carbonyl (C=O) groups excluding carboxylic acids is 1. The van der Waals surface area contributed by atoms with Crippen molar-refractivity contribution in [3.05, 3.63) is 83.4 Å². The number of hydrogen-bond donors (Lipinski definition) is 2. The number of aryl methyl sites for hydroxylation is 1. The summed E-state index contributed by atoms with van der Waals surface area (Å²) in [6.45, 7) is 0.644. The average Bonchev–Trinajstić information content (AvgIpc) is 3.28. The normalized spacial score (nSPS) is 11.7. The number of nitrogens with zero attached hydrogens (tertiary/aromatic N) is 2. The number of sulfonamides is 1. The zero-order valence-electron chi connectivity index (χ0n) is 18.1. The lowest BCUT2D eigenvalue weighted by atomic mass is 10.1. The van der Waals surface area contributed by atoms with Gasteiger partial charge in [0.05, 0.1) is 5.69 Å².